The van der Waals surface area contributed by atoms with E-state index in [1.54, 1.807) is 52.3 Å². The van der Waals surface area contributed by atoms with Gasteiger partial charge in [-0.1, -0.05) is 48.5 Å². The molecule has 8 rings (SSSR count). The zero-order chi connectivity index (χ0) is 50.1. The predicted molar refractivity (Wildman–Crippen MR) is 264 cm³/mol. The van der Waals surface area contributed by atoms with Gasteiger partial charge in [-0.3, -0.25) is 24.5 Å². The SMILES string of the molecule is C=C(O)c1sc(-c2cccc(N[C@H]3CCN(S(=O)(=O)Cc4cccc(NC(=O)N5CCN(C(=O)CNc6cccc7c6CN(C6CCC(=O)NC6=O)C7=O)CC5)c4)C(C)(C)C3)c2)c(Cl)c1OCC(=O)O. The lowest BCUT2D eigenvalue weighted by Gasteiger charge is -2.45. The van der Waals surface area contributed by atoms with E-state index in [1.165, 1.54) is 9.21 Å². The third-order valence-electron chi connectivity index (χ3n) is 12.8. The molecule has 370 valence electrons. The fourth-order valence-corrected chi connectivity index (χ4v) is 12.9. The molecule has 6 amide bonds. The Balaban J connectivity index is 0.812. The first-order valence-corrected chi connectivity index (χ1v) is 25.4. The number of hydrogen-bond acceptors (Lipinski definition) is 13. The normalized spacial score (nSPS) is 19.3. The van der Waals surface area contributed by atoms with E-state index in [9.17, 15) is 42.3 Å². The highest BCUT2D eigenvalue weighted by atomic mass is 35.5. The van der Waals surface area contributed by atoms with Crippen LogP contribution in [-0.2, 0) is 41.5 Å². The molecule has 3 saturated heterocycles. The lowest BCUT2D eigenvalue weighted by molar-refractivity contribution is -0.139. The van der Waals surface area contributed by atoms with Gasteiger partial charge in [0, 0.05) is 85.5 Å². The Bertz CT molecular complexity index is 2880. The number of fused-ring (bicyclic) bond motifs is 1. The first-order chi connectivity index (χ1) is 33.3. The van der Waals surface area contributed by atoms with Gasteiger partial charge in [0.05, 0.1) is 17.2 Å². The number of thiophene rings is 1. The molecule has 3 fully saturated rings. The molecule has 1 unspecified atom stereocenters. The third kappa shape index (κ3) is 10.9. The minimum absolute atomic E-state index is 0.0354. The maximum atomic E-state index is 14.0. The summed E-state index contributed by atoms with van der Waals surface area (Å²) in [4.78, 5) is 80.7. The number of halogens is 1. The van der Waals surface area contributed by atoms with Crippen LogP contribution in [0.15, 0.2) is 73.3 Å². The quantitative estimate of drug-likeness (QED) is 0.0610. The summed E-state index contributed by atoms with van der Waals surface area (Å²) >= 11 is 7.75. The standard InChI is InChI=1S/C48H53ClN8O11S2/c1-28(58)43-42(68-26-40(61)62)41(49)44(69-43)30-8-5-10-32(22-30)51-33-15-16-57(48(2,3)23-33)70(66,67)27-29-7-4-9-31(21-29)52-47(65)55-19-17-54(18-20-55)39(60)24-50-36-12-6-11-34-35(36)25-56(46(34)64)37-13-14-38(59)53-45(37)63/h4-12,21-22,33,37,50-51,58H,1,13-20,23-27H2,2-3H3,(H,52,65)(H,61,62)(H,53,59,63)/t33-,37?/m0/s1. The lowest BCUT2D eigenvalue weighted by atomic mass is 9.89. The van der Waals surface area contributed by atoms with Crippen LogP contribution in [0, 0.1) is 0 Å². The van der Waals surface area contributed by atoms with E-state index in [2.05, 4.69) is 27.8 Å². The van der Waals surface area contributed by atoms with E-state index >= 15 is 0 Å². The molecule has 5 heterocycles. The second kappa shape index (κ2) is 20.3. The van der Waals surface area contributed by atoms with Gasteiger partial charge in [-0.15, -0.1) is 11.3 Å². The van der Waals surface area contributed by atoms with Crippen LogP contribution in [-0.4, -0.2) is 137 Å². The second-order valence-corrected chi connectivity index (χ2v) is 21.5. The number of sulfonamides is 1. The summed E-state index contributed by atoms with van der Waals surface area (Å²) in [6.07, 6.45) is 1.40. The largest absolute Gasteiger partial charge is 0.507 e. The molecule has 19 nitrogen and oxygen atoms in total. The van der Waals surface area contributed by atoms with Gasteiger partial charge in [0.25, 0.3) is 5.91 Å². The third-order valence-corrected chi connectivity index (χ3v) is 16.6. The van der Waals surface area contributed by atoms with Gasteiger partial charge in [-0.05, 0) is 80.6 Å². The van der Waals surface area contributed by atoms with Crippen molar-refractivity contribution in [2.24, 2.45) is 0 Å². The summed E-state index contributed by atoms with van der Waals surface area (Å²) < 4.78 is 35.0. The number of piperazine rings is 1. The van der Waals surface area contributed by atoms with Crippen molar-refractivity contribution in [3.8, 4) is 16.2 Å². The molecule has 4 aromatic rings. The molecule has 0 spiro atoms. The van der Waals surface area contributed by atoms with Crippen molar-refractivity contribution in [2.45, 2.75) is 69.5 Å². The zero-order valence-electron chi connectivity index (χ0n) is 38.5. The number of rotatable bonds is 15. The maximum absolute atomic E-state index is 14.0. The van der Waals surface area contributed by atoms with Crippen molar-refractivity contribution < 1.29 is 52.1 Å². The van der Waals surface area contributed by atoms with Crippen LogP contribution >= 0.6 is 22.9 Å². The first-order valence-electron chi connectivity index (χ1n) is 22.6. The molecule has 0 radical (unpaired) electrons. The van der Waals surface area contributed by atoms with Gasteiger partial charge in [-0.2, -0.15) is 4.31 Å². The number of carboxylic acids is 1. The molecule has 6 N–H and O–H groups in total. The maximum Gasteiger partial charge on any atom is 0.341 e. The molecule has 0 bridgehead atoms. The molecule has 4 aliphatic rings. The number of nitrogens with one attached hydrogen (secondary N) is 4. The van der Waals surface area contributed by atoms with Crippen molar-refractivity contribution in [1.29, 1.82) is 0 Å². The van der Waals surface area contributed by atoms with Crippen LogP contribution in [0.25, 0.3) is 16.2 Å². The van der Waals surface area contributed by atoms with Gasteiger partial charge in [0.1, 0.15) is 21.7 Å². The van der Waals surface area contributed by atoms with Gasteiger partial charge >= 0.3 is 12.0 Å². The molecule has 0 saturated carbocycles. The lowest BCUT2D eigenvalue weighted by Crippen LogP contribution is -2.55. The molecule has 70 heavy (non-hydrogen) atoms. The molecule has 4 aliphatic heterocycles. The Hall–Kier alpha value is -6.68. The summed E-state index contributed by atoms with van der Waals surface area (Å²) in [6.45, 7) is 8.17. The van der Waals surface area contributed by atoms with Gasteiger partial charge in [-0.25, -0.2) is 18.0 Å². The van der Waals surface area contributed by atoms with Crippen molar-refractivity contribution in [3.63, 3.8) is 0 Å². The average Bonchev–Trinajstić information content (AvgIpc) is 3.83. The van der Waals surface area contributed by atoms with Gasteiger partial charge in [0.15, 0.2) is 12.4 Å². The minimum atomic E-state index is -3.82. The number of urea groups is 1. The number of aliphatic hydroxyl groups is 1. The zero-order valence-corrected chi connectivity index (χ0v) is 40.8. The van der Waals surface area contributed by atoms with Crippen LogP contribution in [0.3, 0.4) is 0 Å². The number of hydrogen-bond donors (Lipinski definition) is 6. The summed E-state index contributed by atoms with van der Waals surface area (Å²) in [5.74, 6) is -3.12. The van der Waals surface area contributed by atoms with Crippen molar-refractivity contribution in [2.75, 3.05) is 61.8 Å². The Kier molecular flexibility index (Phi) is 14.5. The predicted octanol–water partition coefficient (Wildman–Crippen LogP) is 5.79. The number of anilines is 3. The number of carboxylic acid groups (broad SMARTS) is 1. The van der Waals surface area contributed by atoms with Crippen molar-refractivity contribution >= 4 is 91.4 Å². The molecular formula is C48H53ClN8O11S2. The fraction of sp³-hybridized carbons (Fsp3) is 0.375. The van der Waals surface area contributed by atoms with E-state index in [1.807, 2.05) is 38.1 Å². The number of ether oxygens (including phenoxy) is 1. The fourth-order valence-electron chi connectivity index (χ4n) is 9.46. The van der Waals surface area contributed by atoms with Crippen LogP contribution in [0.4, 0.5) is 21.9 Å². The number of imide groups is 1. The van der Waals surface area contributed by atoms with E-state index < -0.39 is 40.1 Å². The highest BCUT2D eigenvalue weighted by Gasteiger charge is 2.42. The number of carbonyl (C=O) groups excluding carboxylic acids is 5. The number of piperidine rings is 2. The van der Waals surface area contributed by atoms with Gasteiger partial charge in [0.2, 0.25) is 27.7 Å². The van der Waals surface area contributed by atoms with E-state index in [-0.39, 0.29) is 116 Å². The number of aliphatic hydroxyl groups excluding tert-OH is 1. The smallest absolute Gasteiger partial charge is 0.341 e. The number of benzene rings is 3. The van der Waals surface area contributed by atoms with Crippen LogP contribution < -0.4 is 26.0 Å². The average molecular weight is 1020 g/mol. The monoisotopic (exact) mass is 1020 g/mol. The Morgan fingerprint density at radius 3 is 2.37 bits per heavy atom. The van der Waals surface area contributed by atoms with E-state index in [4.69, 9.17) is 21.4 Å². The Morgan fingerprint density at radius 2 is 1.66 bits per heavy atom. The van der Waals surface area contributed by atoms with Crippen molar-refractivity contribution in [3.05, 3.63) is 99.9 Å². The number of nitrogens with zero attached hydrogens (tertiary/aromatic N) is 4. The Labute approximate surface area is 413 Å². The first kappa shape index (κ1) is 49.7. The van der Waals surface area contributed by atoms with E-state index in [0.29, 0.717) is 51.3 Å². The van der Waals surface area contributed by atoms with Crippen LogP contribution in [0.5, 0.6) is 5.75 Å². The highest BCUT2D eigenvalue weighted by Crippen LogP contribution is 2.48. The van der Waals surface area contributed by atoms with Crippen molar-refractivity contribution in [1.82, 2.24) is 24.3 Å². The topological polar surface area (TPSA) is 247 Å². The molecule has 1 aromatic heterocycles. The van der Waals surface area contributed by atoms with E-state index in [0.717, 1.165) is 17.0 Å². The number of carbonyl (C=O) groups is 6. The second-order valence-electron chi connectivity index (χ2n) is 18.2. The highest BCUT2D eigenvalue weighted by molar-refractivity contribution is 7.88. The Morgan fingerprint density at radius 1 is 0.943 bits per heavy atom. The molecular weight excluding hydrogens is 964 g/mol. The summed E-state index contributed by atoms with van der Waals surface area (Å²) in [6, 6.07) is 18.1. The molecule has 2 atom stereocenters. The molecule has 0 aliphatic carbocycles. The van der Waals surface area contributed by atoms with Crippen LogP contribution in [0.1, 0.15) is 65.9 Å². The van der Waals surface area contributed by atoms with Gasteiger partial charge < -0.3 is 45.6 Å². The number of aliphatic carboxylic acids is 1. The number of amides is 6. The summed E-state index contributed by atoms with van der Waals surface area (Å²) in [7, 11) is -3.82. The summed E-state index contributed by atoms with van der Waals surface area (Å²) in [5.41, 5.74) is 3.33. The van der Waals surface area contributed by atoms with Crippen LogP contribution in [0.2, 0.25) is 5.02 Å². The molecule has 22 heteroatoms. The summed E-state index contributed by atoms with van der Waals surface area (Å²) in [5, 5.41) is 31.3. The minimum Gasteiger partial charge on any atom is -0.507 e. The molecule has 3 aromatic carbocycles.